The van der Waals surface area contributed by atoms with Crippen molar-refractivity contribution in [2.45, 2.75) is 31.8 Å². The summed E-state index contributed by atoms with van der Waals surface area (Å²) >= 11 is 12.1. The molecule has 8 heteroatoms. The van der Waals surface area contributed by atoms with Gasteiger partial charge in [0.25, 0.3) is 0 Å². The molecule has 0 aliphatic heterocycles. The number of benzene rings is 1. The fourth-order valence-electron chi connectivity index (χ4n) is 2.58. The van der Waals surface area contributed by atoms with E-state index in [9.17, 15) is 5.11 Å². The molecule has 0 spiro atoms. The number of phenols is 1. The molecule has 0 aliphatic carbocycles. The smallest absolute Gasteiger partial charge is 0.163 e. The first kappa shape index (κ1) is 19.2. The van der Waals surface area contributed by atoms with E-state index in [1.54, 1.807) is 18.5 Å². The minimum absolute atomic E-state index is 0.0947. The first-order valence-corrected chi connectivity index (χ1v) is 12.8. The van der Waals surface area contributed by atoms with Crippen molar-refractivity contribution < 1.29 is 9.84 Å². The SMILES string of the molecule is C[Si](C)(C)CCOC(c1ccncc1)c1nc2c(O)c(Cl)c(Cl)cc2[nH]1. The molecule has 0 bridgehead atoms. The number of hydrogen-bond donors (Lipinski definition) is 2. The molecule has 2 aromatic heterocycles. The number of phenolic OH excluding ortho intramolecular Hbond substituents is 1. The van der Waals surface area contributed by atoms with E-state index in [-0.39, 0.29) is 15.8 Å². The zero-order valence-electron chi connectivity index (χ0n) is 14.9. The van der Waals surface area contributed by atoms with Crippen LogP contribution in [0.25, 0.3) is 11.0 Å². The number of aromatic amines is 1. The third-order valence-electron chi connectivity index (χ3n) is 4.06. The minimum Gasteiger partial charge on any atom is -0.504 e. The molecule has 1 unspecified atom stereocenters. The van der Waals surface area contributed by atoms with Crippen LogP contribution in [0.4, 0.5) is 0 Å². The Kier molecular flexibility index (Phi) is 5.57. The van der Waals surface area contributed by atoms with Gasteiger partial charge < -0.3 is 14.8 Å². The van der Waals surface area contributed by atoms with E-state index in [0.717, 1.165) is 11.6 Å². The second kappa shape index (κ2) is 7.56. The van der Waals surface area contributed by atoms with Gasteiger partial charge in [-0.15, -0.1) is 0 Å². The van der Waals surface area contributed by atoms with Gasteiger partial charge in [0, 0.05) is 27.1 Å². The highest BCUT2D eigenvalue weighted by Gasteiger charge is 2.23. The number of aromatic nitrogens is 3. The number of ether oxygens (including phenoxy) is 1. The van der Waals surface area contributed by atoms with Crippen LogP contribution in [0.3, 0.4) is 0 Å². The number of nitrogens with one attached hydrogen (secondary N) is 1. The van der Waals surface area contributed by atoms with Crippen molar-refractivity contribution >= 4 is 42.3 Å². The molecule has 1 atom stereocenters. The number of aromatic hydroxyl groups is 1. The van der Waals surface area contributed by atoms with Crippen LogP contribution in [0.15, 0.2) is 30.6 Å². The van der Waals surface area contributed by atoms with E-state index >= 15 is 0 Å². The zero-order valence-corrected chi connectivity index (χ0v) is 17.4. The lowest BCUT2D eigenvalue weighted by molar-refractivity contribution is 0.0852. The molecule has 0 aliphatic rings. The summed E-state index contributed by atoms with van der Waals surface area (Å²) in [6.45, 7) is 7.55. The Morgan fingerprint density at radius 1 is 1.23 bits per heavy atom. The Hall–Kier alpha value is -1.60. The molecule has 1 aromatic carbocycles. The van der Waals surface area contributed by atoms with E-state index in [0.29, 0.717) is 23.5 Å². The molecule has 3 aromatic rings. The van der Waals surface area contributed by atoms with Crippen LogP contribution in [0.5, 0.6) is 5.75 Å². The molecule has 3 rings (SSSR count). The Bertz CT molecular complexity index is 910. The molecule has 0 amide bonds. The summed E-state index contributed by atoms with van der Waals surface area (Å²) in [5, 5.41) is 10.6. The lowest BCUT2D eigenvalue weighted by atomic mass is 10.1. The van der Waals surface area contributed by atoms with Crippen LogP contribution < -0.4 is 0 Å². The predicted molar refractivity (Wildman–Crippen MR) is 108 cm³/mol. The quantitative estimate of drug-likeness (QED) is 0.533. The van der Waals surface area contributed by atoms with Gasteiger partial charge >= 0.3 is 0 Å². The highest BCUT2D eigenvalue weighted by atomic mass is 35.5. The van der Waals surface area contributed by atoms with Gasteiger partial charge in [-0.05, 0) is 29.8 Å². The van der Waals surface area contributed by atoms with E-state index in [4.69, 9.17) is 27.9 Å². The van der Waals surface area contributed by atoms with Crippen molar-refractivity contribution in [3.63, 3.8) is 0 Å². The molecule has 2 N–H and O–H groups in total. The third-order valence-corrected chi connectivity index (χ3v) is 6.54. The maximum atomic E-state index is 10.2. The van der Waals surface area contributed by atoms with Crippen LogP contribution in [-0.4, -0.2) is 34.7 Å². The van der Waals surface area contributed by atoms with Crippen LogP contribution >= 0.6 is 23.2 Å². The number of H-pyrrole nitrogens is 1. The number of pyridine rings is 1. The van der Waals surface area contributed by atoms with E-state index in [1.165, 1.54) is 0 Å². The van der Waals surface area contributed by atoms with Gasteiger partial charge in [0.05, 0.1) is 10.5 Å². The molecule has 0 fully saturated rings. The summed E-state index contributed by atoms with van der Waals surface area (Å²) in [6.07, 6.45) is 3.05. The Morgan fingerprint density at radius 3 is 2.58 bits per heavy atom. The summed E-state index contributed by atoms with van der Waals surface area (Å²) in [5.41, 5.74) is 1.92. The number of fused-ring (bicyclic) bond motifs is 1. The molecule has 0 saturated carbocycles. The Balaban J connectivity index is 1.99. The summed E-state index contributed by atoms with van der Waals surface area (Å²) in [6, 6.07) is 6.48. The maximum Gasteiger partial charge on any atom is 0.163 e. The largest absolute Gasteiger partial charge is 0.504 e. The number of rotatable bonds is 6. The lowest BCUT2D eigenvalue weighted by Crippen LogP contribution is -2.22. The summed E-state index contributed by atoms with van der Waals surface area (Å²) in [5.74, 6) is 0.461. The molecule has 138 valence electrons. The molecule has 0 radical (unpaired) electrons. The molecule has 2 heterocycles. The maximum absolute atomic E-state index is 10.2. The van der Waals surface area contributed by atoms with Crippen LogP contribution in [0.2, 0.25) is 35.7 Å². The monoisotopic (exact) mass is 409 g/mol. The van der Waals surface area contributed by atoms with Crippen LogP contribution in [-0.2, 0) is 4.74 Å². The highest BCUT2D eigenvalue weighted by molar-refractivity contribution is 6.76. The van der Waals surface area contributed by atoms with Gasteiger partial charge in [-0.3, -0.25) is 4.98 Å². The first-order chi connectivity index (χ1) is 12.3. The highest BCUT2D eigenvalue weighted by Crippen LogP contribution is 2.38. The Morgan fingerprint density at radius 2 is 1.92 bits per heavy atom. The van der Waals surface area contributed by atoms with E-state index in [2.05, 4.69) is 34.6 Å². The second-order valence-corrected chi connectivity index (χ2v) is 13.8. The normalized spacial score (nSPS) is 13.3. The average Bonchev–Trinajstić information content (AvgIpc) is 3.00. The predicted octanol–water partition coefficient (Wildman–Crippen LogP) is 5.41. The van der Waals surface area contributed by atoms with Gasteiger partial charge in [-0.1, -0.05) is 42.8 Å². The molecular formula is C18H21Cl2N3O2Si. The van der Waals surface area contributed by atoms with Gasteiger partial charge in [0.15, 0.2) is 5.75 Å². The number of nitrogens with zero attached hydrogens (tertiary/aromatic N) is 2. The van der Waals surface area contributed by atoms with Crippen molar-refractivity contribution in [3.8, 4) is 5.75 Å². The van der Waals surface area contributed by atoms with Gasteiger partial charge in [0.2, 0.25) is 0 Å². The summed E-state index contributed by atoms with van der Waals surface area (Å²) < 4.78 is 6.19. The average molecular weight is 410 g/mol. The standard InChI is InChI=1S/C18H21Cl2N3O2Si/c1-26(2,3)9-8-25-17(11-4-6-21-7-5-11)18-22-13-10-12(19)14(20)16(24)15(13)23-18/h4-7,10,17,24H,8-9H2,1-3H3,(H,22,23). The van der Waals surface area contributed by atoms with Crippen LogP contribution in [0.1, 0.15) is 17.5 Å². The second-order valence-electron chi connectivity index (χ2n) is 7.38. The molecule has 5 nitrogen and oxygen atoms in total. The topological polar surface area (TPSA) is 71.0 Å². The molecule has 26 heavy (non-hydrogen) atoms. The zero-order chi connectivity index (χ0) is 18.9. The lowest BCUT2D eigenvalue weighted by Gasteiger charge is -2.20. The van der Waals surface area contributed by atoms with E-state index < -0.39 is 14.2 Å². The first-order valence-electron chi connectivity index (χ1n) is 8.34. The van der Waals surface area contributed by atoms with Crippen molar-refractivity contribution in [2.24, 2.45) is 0 Å². The third kappa shape index (κ3) is 4.20. The van der Waals surface area contributed by atoms with E-state index in [1.807, 2.05) is 12.1 Å². The van der Waals surface area contributed by atoms with Crippen molar-refractivity contribution in [1.29, 1.82) is 0 Å². The van der Waals surface area contributed by atoms with Gasteiger partial charge in [-0.25, -0.2) is 4.98 Å². The van der Waals surface area contributed by atoms with Crippen molar-refractivity contribution in [3.05, 3.63) is 52.0 Å². The van der Waals surface area contributed by atoms with Crippen molar-refractivity contribution in [1.82, 2.24) is 15.0 Å². The number of halogens is 2. The number of hydrogen-bond acceptors (Lipinski definition) is 4. The number of imidazole rings is 1. The Labute approximate surface area is 163 Å². The van der Waals surface area contributed by atoms with Gasteiger partial charge in [-0.2, -0.15) is 0 Å². The van der Waals surface area contributed by atoms with Crippen LogP contribution in [0, 0.1) is 0 Å². The fraction of sp³-hybridized carbons (Fsp3) is 0.333. The summed E-state index contributed by atoms with van der Waals surface area (Å²) in [7, 11) is -1.22. The molecular weight excluding hydrogens is 389 g/mol. The van der Waals surface area contributed by atoms with Gasteiger partial charge in [0.1, 0.15) is 22.5 Å². The summed E-state index contributed by atoms with van der Waals surface area (Å²) in [4.78, 5) is 11.8. The van der Waals surface area contributed by atoms with Crippen molar-refractivity contribution in [2.75, 3.05) is 6.61 Å². The minimum atomic E-state index is -1.22. The fourth-order valence-corrected chi connectivity index (χ4v) is 3.65. The molecule has 0 saturated heterocycles.